The summed E-state index contributed by atoms with van der Waals surface area (Å²) in [5.74, 6) is 0.548. The lowest BCUT2D eigenvalue weighted by Gasteiger charge is -2.34. The number of nitrogens with two attached hydrogens (primary N) is 1. The highest BCUT2D eigenvalue weighted by atomic mass is 16.5. The van der Waals surface area contributed by atoms with Crippen LogP contribution < -0.4 is 15.4 Å². The van der Waals surface area contributed by atoms with Crippen molar-refractivity contribution < 1.29 is 19.1 Å². The van der Waals surface area contributed by atoms with Gasteiger partial charge in [0.25, 0.3) is 5.91 Å². The van der Waals surface area contributed by atoms with Gasteiger partial charge in [0.15, 0.2) is 17.7 Å². The molecule has 7 heteroatoms. The van der Waals surface area contributed by atoms with E-state index in [0.29, 0.717) is 18.3 Å². The van der Waals surface area contributed by atoms with Crippen LogP contribution in [0.3, 0.4) is 0 Å². The van der Waals surface area contributed by atoms with Gasteiger partial charge in [-0.1, -0.05) is 13.8 Å². The van der Waals surface area contributed by atoms with Crippen LogP contribution in [0.4, 0.5) is 11.6 Å². The molecule has 0 spiro atoms. The molecule has 2 heterocycles. The van der Waals surface area contributed by atoms with Crippen molar-refractivity contribution in [2.45, 2.75) is 46.3 Å². The van der Waals surface area contributed by atoms with Gasteiger partial charge in [-0.2, -0.15) is 0 Å². The molecule has 0 saturated carbocycles. The predicted octanol–water partition coefficient (Wildman–Crippen LogP) is 1.76. The number of fused-ring (bicyclic) bond motifs is 1. The zero-order valence-electron chi connectivity index (χ0n) is 13.9. The molecule has 23 heavy (non-hydrogen) atoms. The predicted molar refractivity (Wildman–Crippen MR) is 86.1 cm³/mol. The number of carbonyl (C=O) groups excluding carboxylic acids is 2. The lowest BCUT2D eigenvalue weighted by molar-refractivity contribution is -0.147. The minimum Gasteiger partial charge on any atom is -0.477 e. The summed E-state index contributed by atoms with van der Waals surface area (Å²) in [5.41, 5.74) is 5.69. The standard InChI is InChI=1S/C16H23N3O4/c1-9(2)7-8-22-16(21)10(3)19-14-12(5-6-13(17)18-14)23-11(4)15(19)20/h5-6,9-11H,7-8H2,1-4H3,(H2,17,18). The number of nitrogen functional groups attached to an aromatic ring is 1. The van der Waals surface area contributed by atoms with Crippen molar-refractivity contribution in [3.05, 3.63) is 12.1 Å². The molecule has 1 aliphatic heterocycles. The summed E-state index contributed by atoms with van der Waals surface area (Å²) in [6.07, 6.45) is 0.0760. The fraction of sp³-hybridized carbons (Fsp3) is 0.562. The van der Waals surface area contributed by atoms with Gasteiger partial charge in [-0.3, -0.25) is 9.69 Å². The van der Waals surface area contributed by atoms with E-state index in [4.69, 9.17) is 15.2 Å². The number of carbonyl (C=O) groups is 2. The molecule has 0 aromatic carbocycles. The first kappa shape index (κ1) is 17.1. The number of pyridine rings is 1. The van der Waals surface area contributed by atoms with Gasteiger partial charge in [-0.15, -0.1) is 0 Å². The van der Waals surface area contributed by atoms with E-state index in [-0.39, 0.29) is 17.5 Å². The molecule has 2 N–H and O–H groups in total. The molecule has 2 unspecified atom stereocenters. The molecule has 0 radical (unpaired) electrons. The maximum Gasteiger partial charge on any atom is 0.329 e. The highest BCUT2D eigenvalue weighted by molar-refractivity contribution is 6.03. The Morgan fingerprint density at radius 3 is 2.78 bits per heavy atom. The molecule has 1 aromatic rings. The third-order valence-corrected chi connectivity index (χ3v) is 3.65. The van der Waals surface area contributed by atoms with Crippen molar-refractivity contribution in [2.75, 3.05) is 17.2 Å². The molecule has 0 bridgehead atoms. The van der Waals surface area contributed by atoms with Crippen molar-refractivity contribution in [3.63, 3.8) is 0 Å². The topological polar surface area (TPSA) is 94.8 Å². The Morgan fingerprint density at radius 2 is 2.13 bits per heavy atom. The largest absolute Gasteiger partial charge is 0.477 e. The van der Waals surface area contributed by atoms with Gasteiger partial charge in [-0.25, -0.2) is 9.78 Å². The fourth-order valence-corrected chi connectivity index (χ4v) is 2.25. The van der Waals surface area contributed by atoms with Gasteiger partial charge < -0.3 is 15.2 Å². The summed E-state index contributed by atoms with van der Waals surface area (Å²) in [6, 6.07) is 2.43. The second-order valence-electron chi connectivity index (χ2n) is 6.05. The number of hydrogen-bond donors (Lipinski definition) is 1. The van der Waals surface area contributed by atoms with E-state index in [9.17, 15) is 9.59 Å². The number of rotatable bonds is 5. The molecule has 0 saturated heterocycles. The van der Waals surface area contributed by atoms with Crippen LogP contribution in [0.15, 0.2) is 12.1 Å². The van der Waals surface area contributed by atoms with Crippen LogP contribution in [0, 0.1) is 5.92 Å². The fourth-order valence-electron chi connectivity index (χ4n) is 2.25. The SMILES string of the molecule is CC(C)CCOC(=O)C(C)N1C(=O)C(C)Oc2ccc(N)nc21. The van der Waals surface area contributed by atoms with Gasteiger partial charge in [0.05, 0.1) is 6.61 Å². The molecule has 2 atom stereocenters. The van der Waals surface area contributed by atoms with E-state index in [1.54, 1.807) is 26.0 Å². The van der Waals surface area contributed by atoms with Crippen LogP contribution in [0.2, 0.25) is 0 Å². The molecule has 0 aliphatic carbocycles. The highest BCUT2D eigenvalue weighted by Crippen LogP contribution is 2.34. The molecule has 0 fully saturated rings. The zero-order chi connectivity index (χ0) is 17.1. The summed E-state index contributed by atoms with van der Waals surface area (Å²) in [5, 5.41) is 0. The number of ether oxygens (including phenoxy) is 2. The summed E-state index contributed by atoms with van der Waals surface area (Å²) in [7, 11) is 0. The second kappa shape index (κ2) is 6.85. The molecule has 126 valence electrons. The van der Waals surface area contributed by atoms with Gasteiger partial charge in [0, 0.05) is 0 Å². The van der Waals surface area contributed by atoms with Crippen LogP contribution in [0.5, 0.6) is 5.75 Å². The Morgan fingerprint density at radius 1 is 1.43 bits per heavy atom. The van der Waals surface area contributed by atoms with Crippen molar-refractivity contribution in [1.82, 2.24) is 4.98 Å². The van der Waals surface area contributed by atoms with E-state index in [2.05, 4.69) is 4.98 Å². The van der Waals surface area contributed by atoms with Crippen molar-refractivity contribution in [1.29, 1.82) is 0 Å². The number of hydrogen-bond acceptors (Lipinski definition) is 6. The molecule has 1 amide bonds. The zero-order valence-corrected chi connectivity index (χ0v) is 13.9. The van der Waals surface area contributed by atoms with Crippen molar-refractivity contribution >= 4 is 23.5 Å². The minimum atomic E-state index is -0.797. The molecular weight excluding hydrogens is 298 g/mol. The summed E-state index contributed by atoms with van der Waals surface area (Å²) >= 11 is 0. The van der Waals surface area contributed by atoms with Gasteiger partial charge in [0.2, 0.25) is 0 Å². The number of esters is 1. The molecule has 1 aromatic heterocycles. The summed E-state index contributed by atoms with van der Waals surface area (Å²) < 4.78 is 10.8. The average Bonchev–Trinajstić information content (AvgIpc) is 2.48. The number of aromatic nitrogens is 1. The van der Waals surface area contributed by atoms with Crippen LogP contribution in [0.25, 0.3) is 0 Å². The Hall–Kier alpha value is -2.31. The normalized spacial score (nSPS) is 18.4. The number of anilines is 2. The first-order valence-electron chi connectivity index (χ1n) is 7.74. The van der Waals surface area contributed by atoms with Crippen LogP contribution >= 0.6 is 0 Å². The monoisotopic (exact) mass is 321 g/mol. The van der Waals surface area contributed by atoms with Gasteiger partial charge in [0.1, 0.15) is 11.9 Å². The van der Waals surface area contributed by atoms with E-state index in [0.717, 1.165) is 6.42 Å². The lowest BCUT2D eigenvalue weighted by atomic mass is 10.1. The first-order valence-corrected chi connectivity index (χ1v) is 7.74. The lowest BCUT2D eigenvalue weighted by Crippen LogP contribution is -2.52. The van der Waals surface area contributed by atoms with E-state index >= 15 is 0 Å². The van der Waals surface area contributed by atoms with Crippen LogP contribution in [0.1, 0.15) is 34.1 Å². The summed E-state index contributed by atoms with van der Waals surface area (Å²) in [4.78, 5) is 30.1. The van der Waals surface area contributed by atoms with E-state index < -0.39 is 18.1 Å². The van der Waals surface area contributed by atoms with Gasteiger partial charge >= 0.3 is 5.97 Å². The van der Waals surface area contributed by atoms with Crippen molar-refractivity contribution in [2.24, 2.45) is 5.92 Å². The minimum absolute atomic E-state index is 0.250. The third kappa shape index (κ3) is 3.72. The highest BCUT2D eigenvalue weighted by Gasteiger charge is 2.39. The molecule has 2 rings (SSSR count). The molecular formula is C16H23N3O4. The second-order valence-corrected chi connectivity index (χ2v) is 6.05. The Kier molecular flexibility index (Phi) is 5.08. The van der Waals surface area contributed by atoms with Crippen LogP contribution in [-0.2, 0) is 14.3 Å². The van der Waals surface area contributed by atoms with Crippen molar-refractivity contribution in [3.8, 4) is 5.75 Å². The third-order valence-electron chi connectivity index (χ3n) is 3.65. The van der Waals surface area contributed by atoms with Crippen LogP contribution in [-0.4, -0.2) is 35.6 Å². The Balaban J connectivity index is 2.21. The Bertz CT molecular complexity index is 603. The first-order chi connectivity index (χ1) is 10.8. The smallest absolute Gasteiger partial charge is 0.329 e. The number of nitrogens with zero attached hydrogens (tertiary/aromatic N) is 2. The maximum absolute atomic E-state index is 12.4. The quantitative estimate of drug-likeness (QED) is 0.830. The average molecular weight is 321 g/mol. The number of amides is 1. The molecule has 7 nitrogen and oxygen atoms in total. The maximum atomic E-state index is 12.4. The van der Waals surface area contributed by atoms with E-state index in [1.165, 1.54) is 4.90 Å². The van der Waals surface area contributed by atoms with E-state index in [1.807, 2.05) is 13.8 Å². The molecule has 1 aliphatic rings. The Labute approximate surface area is 135 Å². The van der Waals surface area contributed by atoms with Gasteiger partial charge in [-0.05, 0) is 38.3 Å². The summed E-state index contributed by atoms with van der Waals surface area (Å²) in [6.45, 7) is 7.67.